The van der Waals surface area contributed by atoms with E-state index in [0.29, 0.717) is 12.5 Å². The number of hydrogen-bond donors (Lipinski definition) is 1. The third-order valence-corrected chi connectivity index (χ3v) is 4.21. The number of nitrogens with one attached hydrogen (secondary N) is 1. The SMILES string of the molecule is Clc1ccc(CNc2nc3c(Br)cccn3n2)s1. The lowest BCUT2D eigenvalue weighted by molar-refractivity contribution is 0.950. The number of pyridine rings is 1. The van der Waals surface area contributed by atoms with Gasteiger partial charge in [-0.1, -0.05) is 11.6 Å². The van der Waals surface area contributed by atoms with Crippen molar-refractivity contribution in [3.05, 3.63) is 44.1 Å². The van der Waals surface area contributed by atoms with Crippen LogP contribution in [0.5, 0.6) is 0 Å². The molecule has 0 saturated heterocycles. The Morgan fingerprint density at radius 3 is 3.00 bits per heavy atom. The summed E-state index contributed by atoms with van der Waals surface area (Å²) in [6.45, 7) is 0.673. The number of thiophene rings is 1. The molecule has 0 aliphatic carbocycles. The highest BCUT2D eigenvalue weighted by Gasteiger charge is 2.06. The number of hydrogen-bond acceptors (Lipinski definition) is 4. The third kappa shape index (κ3) is 2.36. The Labute approximate surface area is 121 Å². The zero-order chi connectivity index (χ0) is 12.5. The molecule has 92 valence electrons. The van der Waals surface area contributed by atoms with Crippen LogP contribution >= 0.6 is 38.9 Å². The van der Waals surface area contributed by atoms with Gasteiger partial charge in [-0.2, -0.15) is 4.98 Å². The van der Waals surface area contributed by atoms with Gasteiger partial charge in [0.15, 0.2) is 5.65 Å². The van der Waals surface area contributed by atoms with Crippen LogP contribution in [0.25, 0.3) is 5.65 Å². The second-order valence-corrected chi connectivity index (χ2v) is 6.27. The monoisotopic (exact) mass is 342 g/mol. The highest BCUT2D eigenvalue weighted by molar-refractivity contribution is 9.10. The molecule has 0 radical (unpaired) electrons. The van der Waals surface area contributed by atoms with Crippen molar-refractivity contribution in [3.8, 4) is 0 Å². The molecule has 0 aliphatic rings. The van der Waals surface area contributed by atoms with Gasteiger partial charge in [0.05, 0.1) is 15.4 Å². The Morgan fingerprint density at radius 1 is 1.39 bits per heavy atom. The van der Waals surface area contributed by atoms with Crippen LogP contribution in [0, 0.1) is 0 Å². The Hall–Kier alpha value is -1.11. The molecule has 3 rings (SSSR count). The van der Waals surface area contributed by atoms with Crippen molar-refractivity contribution in [3.63, 3.8) is 0 Å². The summed E-state index contributed by atoms with van der Waals surface area (Å²) in [5, 5.41) is 7.51. The second kappa shape index (κ2) is 4.87. The molecule has 0 atom stereocenters. The molecule has 18 heavy (non-hydrogen) atoms. The van der Waals surface area contributed by atoms with Gasteiger partial charge >= 0.3 is 0 Å². The lowest BCUT2D eigenvalue weighted by Gasteiger charge is -1.96. The number of aromatic nitrogens is 3. The quantitative estimate of drug-likeness (QED) is 0.786. The number of anilines is 1. The first-order chi connectivity index (χ1) is 8.72. The van der Waals surface area contributed by atoms with Gasteiger partial charge in [-0.3, -0.25) is 0 Å². The van der Waals surface area contributed by atoms with Crippen LogP contribution in [-0.4, -0.2) is 14.6 Å². The Kier molecular flexibility index (Phi) is 3.23. The van der Waals surface area contributed by atoms with E-state index in [1.165, 1.54) is 0 Å². The average molecular weight is 344 g/mol. The highest BCUT2D eigenvalue weighted by atomic mass is 79.9. The molecule has 0 spiro atoms. The van der Waals surface area contributed by atoms with Gasteiger partial charge in [0, 0.05) is 11.1 Å². The lowest BCUT2D eigenvalue weighted by atomic mass is 10.5. The van der Waals surface area contributed by atoms with Crippen LogP contribution in [0.2, 0.25) is 4.34 Å². The van der Waals surface area contributed by atoms with E-state index in [-0.39, 0.29) is 0 Å². The predicted octanol–water partition coefficient (Wildman–Crippen LogP) is 3.82. The van der Waals surface area contributed by atoms with Crippen LogP contribution in [-0.2, 0) is 6.54 Å². The van der Waals surface area contributed by atoms with Crippen molar-refractivity contribution in [2.45, 2.75) is 6.54 Å². The van der Waals surface area contributed by atoms with Gasteiger partial charge in [-0.15, -0.1) is 16.4 Å². The van der Waals surface area contributed by atoms with E-state index in [1.54, 1.807) is 15.9 Å². The molecule has 0 saturated carbocycles. The van der Waals surface area contributed by atoms with E-state index in [0.717, 1.165) is 19.3 Å². The minimum atomic E-state index is 0.603. The molecule has 0 bridgehead atoms. The Balaban J connectivity index is 1.81. The van der Waals surface area contributed by atoms with Crippen molar-refractivity contribution >= 4 is 50.5 Å². The molecule has 0 fully saturated rings. The summed E-state index contributed by atoms with van der Waals surface area (Å²) in [5.41, 5.74) is 0.796. The van der Waals surface area contributed by atoms with E-state index in [4.69, 9.17) is 11.6 Å². The molecule has 0 unspecified atom stereocenters. The summed E-state index contributed by atoms with van der Waals surface area (Å²) in [5.74, 6) is 0.603. The molecule has 7 heteroatoms. The third-order valence-electron chi connectivity index (χ3n) is 2.36. The summed E-state index contributed by atoms with van der Waals surface area (Å²) in [6.07, 6.45) is 1.86. The maximum Gasteiger partial charge on any atom is 0.243 e. The second-order valence-electron chi connectivity index (χ2n) is 3.62. The van der Waals surface area contributed by atoms with Gasteiger partial charge < -0.3 is 5.32 Å². The van der Waals surface area contributed by atoms with E-state index in [1.807, 2.05) is 30.5 Å². The maximum absolute atomic E-state index is 5.88. The molecule has 4 nitrogen and oxygen atoms in total. The molecule has 3 aromatic rings. The molecule has 0 aliphatic heterocycles. The first-order valence-corrected chi connectivity index (χ1v) is 7.20. The van der Waals surface area contributed by atoms with Gasteiger partial charge in [-0.05, 0) is 40.2 Å². The topological polar surface area (TPSA) is 42.2 Å². The van der Waals surface area contributed by atoms with Crippen LogP contribution in [0.1, 0.15) is 4.88 Å². The minimum Gasteiger partial charge on any atom is -0.348 e. The number of nitrogens with zero attached hydrogens (tertiary/aromatic N) is 3. The Morgan fingerprint density at radius 2 is 2.28 bits per heavy atom. The maximum atomic E-state index is 5.88. The summed E-state index contributed by atoms with van der Waals surface area (Å²) < 4.78 is 3.44. The van der Waals surface area contributed by atoms with Crippen LogP contribution in [0.15, 0.2) is 34.9 Å². The van der Waals surface area contributed by atoms with Crippen molar-refractivity contribution in [2.75, 3.05) is 5.32 Å². The van der Waals surface area contributed by atoms with E-state index in [9.17, 15) is 0 Å². The van der Waals surface area contributed by atoms with Crippen LogP contribution in [0.4, 0.5) is 5.95 Å². The Bertz CT molecular complexity index is 693. The van der Waals surface area contributed by atoms with Gasteiger partial charge in [-0.25, -0.2) is 4.52 Å². The summed E-state index contributed by atoms with van der Waals surface area (Å²) in [6, 6.07) is 7.73. The van der Waals surface area contributed by atoms with E-state index in [2.05, 4.69) is 31.3 Å². The summed E-state index contributed by atoms with van der Waals surface area (Å²) in [7, 11) is 0. The van der Waals surface area contributed by atoms with Crippen LogP contribution in [0.3, 0.4) is 0 Å². The predicted molar refractivity (Wildman–Crippen MR) is 77.3 cm³/mol. The molecule has 3 heterocycles. The van der Waals surface area contributed by atoms with Gasteiger partial charge in [0.25, 0.3) is 0 Å². The zero-order valence-electron chi connectivity index (χ0n) is 9.10. The first-order valence-electron chi connectivity index (χ1n) is 5.21. The van der Waals surface area contributed by atoms with E-state index >= 15 is 0 Å². The molecular formula is C11H8BrClN4S. The standard InChI is InChI=1S/C11H8BrClN4S/c12-8-2-1-5-17-10(8)15-11(16-17)14-6-7-3-4-9(13)18-7/h1-5H,6H2,(H,14,16). The fraction of sp³-hybridized carbons (Fsp3) is 0.0909. The molecule has 0 aromatic carbocycles. The fourth-order valence-corrected chi connectivity index (χ4v) is 3.01. The zero-order valence-corrected chi connectivity index (χ0v) is 12.3. The van der Waals surface area contributed by atoms with Crippen molar-refractivity contribution < 1.29 is 0 Å². The van der Waals surface area contributed by atoms with E-state index < -0.39 is 0 Å². The summed E-state index contributed by atoms with van der Waals surface area (Å²) >= 11 is 10.9. The van der Waals surface area contributed by atoms with Crippen LogP contribution < -0.4 is 5.32 Å². The normalized spacial score (nSPS) is 11.0. The average Bonchev–Trinajstić information content (AvgIpc) is 2.93. The van der Waals surface area contributed by atoms with Gasteiger partial charge in [0.1, 0.15) is 0 Å². The lowest BCUT2D eigenvalue weighted by Crippen LogP contribution is -1.99. The number of halogens is 2. The van der Waals surface area contributed by atoms with Crippen molar-refractivity contribution in [1.82, 2.24) is 14.6 Å². The highest BCUT2D eigenvalue weighted by Crippen LogP contribution is 2.22. The van der Waals surface area contributed by atoms with Gasteiger partial charge in [0.2, 0.25) is 5.95 Å². The number of fused-ring (bicyclic) bond motifs is 1. The fourth-order valence-electron chi connectivity index (χ4n) is 1.56. The largest absolute Gasteiger partial charge is 0.348 e. The number of rotatable bonds is 3. The summed E-state index contributed by atoms with van der Waals surface area (Å²) in [4.78, 5) is 5.55. The molecule has 3 aromatic heterocycles. The molecular weight excluding hydrogens is 336 g/mol. The molecule has 1 N–H and O–H groups in total. The smallest absolute Gasteiger partial charge is 0.243 e. The van der Waals surface area contributed by atoms with Crippen molar-refractivity contribution in [1.29, 1.82) is 0 Å². The van der Waals surface area contributed by atoms with Crippen molar-refractivity contribution in [2.24, 2.45) is 0 Å². The minimum absolute atomic E-state index is 0.603. The molecule has 0 amide bonds. The first kappa shape index (κ1) is 12.0.